The summed E-state index contributed by atoms with van der Waals surface area (Å²) in [6.07, 6.45) is 3.72. The minimum atomic E-state index is -0.0634. The first-order valence-corrected chi connectivity index (χ1v) is 6.68. The Hall–Kier alpha value is -2.30. The lowest BCUT2D eigenvalue weighted by Gasteiger charge is -2.13. The predicted molar refractivity (Wildman–Crippen MR) is 80.7 cm³/mol. The lowest BCUT2D eigenvalue weighted by atomic mass is 10.2. The van der Waals surface area contributed by atoms with Gasteiger partial charge < -0.3 is 15.2 Å². The van der Waals surface area contributed by atoms with E-state index in [9.17, 15) is 4.79 Å². The first-order chi connectivity index (χ1) is 9.56. The van der Waals surface area contributed by atoms with Crippen LogP contribution in [0.2, 0.25) is 0 Å². The van der Waals surface area contributed by atoms with Crippen LogP contribution in [0.1, 0.15) is 32.5 Å². The third kappa shape index (κ3) is 3.60. The van der Waals surface area contributed by atoms with E-state index in [1.54, 1.807) is 0 Å². The molecule has 0 fully saturated rings. The fraction of sp³-hybridized carbons (Fsp3) is 0.333. The molecule has 2 rings (SSSR count). The summed E-state index contributed by atoms with van der Waals surface area (Å²) in [6.45, 7) is 6.48. The second-order valence-electron chi connectivity index (χ2n) is 5.00. The zero-order valence-electron chi connectivity index (χ0n) is 12.1. The molecule has 1 amide bonds. The van der Waals surface area contributed by atoms with Gasteiger partial charge in [-0.1, -0.05) is 0 Å². The number of nitrogens with one attached hydrogen (secondary N) is 2. The normalized spacial score (nSPS) is 10.6. The molecule has 0 saturated carbocycles. The van der Waals surface area contributed by atoms with Crippen molar-refractivity contribution in [3.8, 4) is 0 Å². The Bertz CT molecular complexity index is 572. The highest BCUT2D eigenvalue weighted by Crippen LogP contribution is 2.15. The van der Waals surface area contributed by atoms with Gasteiger partial charge in [-0.15, -0.1) is 0 Å². The number of anilines is 2. The van der Waals surface area contributed by atoms with E-state index in [0.717, 1.165) is 23.6 Å². The van der Waals surface area contributed by atoms with Crippen LogP contribution in [0.5, 0.6) is 0 Å². The first kappa shape index (κ1) is 14.1. The average molecular weight is 272 g/mol. The van der Waals surface area contributed by atoms with Gasteiger partial charge in [-0.3, -0.25) is 4.79 Å². The topological polar surface area (TPSA) is 59.0 Å². The number of benzene rings is 1. The molecule has 0 unspecified atom stereocenters. The molecule has 1 aromatic carbocycles. The van der Waals surface area contributed by atoms with Crippen LogP contribution in [-0.2, 0) is 11.3 Å². The maximum Gasteiger partial charge on any atom is 0.221 e. The highest BCUT2D eigenvalue weighted by Gasteiger charge is 2.05. The van der Waals surface area contributed by atoms with Crippen molar-refractivity contribution in [1.29, 1.82) is 0 Å². The molecule has 0 bridgehead atoms. The molecular weight excluding hydrogens is 252 g/mol. The van der Waals surface area contributed by atoms with Crippen molar-refractivity contribution >= 4 is 17.3 Å². The minimum absolute atomic E-state index is 0.0634. The number of carbonyl (C=O) groups is 1. The summed E-state index contributed by atoms with van der Waals surface area (Å²) >= 11 is 0. The van der Waals surface area contributed by atoms with Crippen LogP contribution < -0.4 is 10.6 Å². The molecule has 0 atom stereocenters. The van der Waals surface area contributed by atoms with E-state index < -0.39 is 0 Å². The summed E-state index contributed by atoms with van der Waals surface area (Å²) in [4.78, 5) is 15.1. The molecule has 0 saturated heterocycles. The zero-order valence-corrected chi connectivity index (χ0v) is 12.1. The first-order valence-electron chi connectivity index (χ1n) is 6.68. The number of nitrogens with zero attached hydrogens (tertiary/aromatic N) is 2. The summed E-state index contributed by atoms with van der Waals surface area (Å²) in [5.74, 6) is -0.0634. The highest BCUT2D eigenvalue weighted by atomic mass is 16.1. The molecular formula is C15H20N4O. The molecule has 0 aliphatic carbocycles. The summed E-state index contributed by atoms with van der Waals surface area (Å²) < 4.78 is 2.14. The molecule has 20 heavy (non-hydrogen) atoms. The van der Waals surface area contributed by atoms with Crippen LogP contribution in [0, 0.1) is 0 Å². The summed E-state index contributed by atoms with van der Waals surface area (Å²) in [7, 11) is 0. The summed E-state index contributed by atoms with van der Waals surface area (Å²) in [5.41, 5.74) is 2.96. The van der Waals surface area contributed by atoms with Crippen LogP contribution in [0.4, 0.5) is 11.4 Å². The molecule has 2 N–H and O–H groups in total. The third-order valence-corrected chi connectivity index (χ3v) is 2.98. The molecule has 1 heterocycles. The number of hydrogen-bond donors (Lipinski definition) is 2. The van der Waals surface area contributed by atoms with Crippen molar-refractivity contribution in [3.63, 3.8) is 0 Å². The maximum atomic E-state index is 10.9. The van der Waals surface area contributed by atoms with Gasteiger partial charge in [0.25, 0.3) is 0 Å². The van der Waals surface area contributed by atoms with Gasteiger partial charge >= 0.3 is 0 Å². The quantitative estimate of drug-likeness (QED) is 0.879. The average Bonchev–Trinajstić information content (AvgIpc) is 2.86. The van der Waals surface area contributed by atoms with Gasteiger partial charge in [0, 0.05) is 30.5 Å². The smallest absolute Gasteiger partial charge is 0.221 e. The standard InChI is InChI=1S/C15H20N4O/c1-11(2)19-10-16-8-15(19)9-17-13-4-6-14(7-5-13)18-12(3)20/h4-8,10-11,17H,9H2,1-3H3,(H,18,20). The second kappa shape index (κ2) is 6.23. The number of hydrogen-bond acceptors (Lipinski definition) is 3. The molecule has 0 radical (unpaired) electrons. The van der Waals surface area contributed by atoms with Crippen LogP contribution in [0.3, 0.4) is 0 Å². The highest BCUT2D eigenvalue weighted by molar-refractivity contribution is 5.88. The Morgan fingerprint density at radius 1 is 1.25 bits per heavy atom. The van der Waals surface area contributed by atoms with E-state index in [2.05, 4.69) is 34.0 Å². The van der Waals surface area contributed by atoms with E-state index in [1.807, 2.05) is 36.8 Å². The van der Waals surface area contributed by atoms with Gasteiger partial charge in [0.15, 0.2) is 0 Å². The lowest BCUT2D eigenvalue weighted by molar-refractivity contribution is -0.114. The van der Waals surface area contributed by atoms with E-state index in [-0.39, 0.29) is 5.91 Å². The van der Waals surface area contributed by atoms with Gasteiger partial charge in [0.1, 0.15) is 0 Å². The van der Waals surface area contributed by atoms with Crippen LogP contribution >= 0.6 is 0 Å². The van der Waals surface area contributed by atoms with Crippen LogP contribution in [0.15, 0.2) is 36.8 Å². The van der Waals surface area contributed by atoms with E-state index in [1.165, 1.54) is 6.92 Å². The molecule has 1 aromatic heterocycles. The fourth-order valence-corrected chi connectivity index (χ4v) is 2.00. The minimum Gasteiger partial charge on any atom is -0.379 e. The summed E-state index contributed by atoms with van der Waals surface area (Å²) in [5, 5.41) is 6.09. The third-order valence-electron chi connectivity index (χ3n) is 2.98. The van der Waals surface area contributed by atoms with Crippen LogP contribution in [-0.4, -0.2) is 15.5 Å². The number of carbonyl (C=O) groups excluding carboxylic acids is 1. The molecule has 0 aliphatic heterocycles. The van der Waals surface area contributed by atoms with Crippen molar-refractivity contribution in [2.75, 3.05) is 10.6 Å². The van der Waals surface area contributed by atoms with Crippen molar-refractivity contribution in [1.82, 2.24) is 9.55 Å². The molecule has 5 nitrogen and oxygen atoms in total. The number of rotatable bonds is 5. The lowest BCUT2D eigenvalue weighted by Crippen LogP contribution is -2.09. The Morgan fingerprint density at radius 3 is 2.50 bits per heavy atom. The molecule has 106 valence electrons. The Balaban J connectivity index is 1.97. The SMILES string of the molecule is CC(=O)Nc1ccc(NCc2cncn2C(C)C)cc1. The number of amides is 1. The Morgan fingerprint density at radius 2 is 1.90 bits per heavy atom. The van der Waals surface area contributed by atoms with Gasteiger partial charge in [0.2, 0.25) is 5.91 Å². The Labute approximate surface area is 119 Å². The monoisotopic (exact) mass is 272 g/mol. The molecule has 2 aromatic rings. The molecule has 0 aliphatic rings. The van der Waals surface area contributed by atoms with E-state index in [4.69, 9.17) is 0 Å². The number of aromatic nitrogens is 2. The van der Waals surface area contributed by atoms with Gasteiger partial charge in [-0.05, 0) is 38.1 Å². The largest absolute Gasteiger partial charge is 0.379 e. The van der Waals surface area contributed by atoms with E-state index >= 15 is 0 Å². The van der Waals surface area contributed by atoms with Gasteiger partial charge in [-0.25, -0.2) is 4.98 Å². The van der Waals surface area contributed by atoms with Crippen molar-refractivity contribution in [2.24, 2.45) is 0 Å². The Kier molecular flexibility index (Phi) is 4.40. The maximum absolute atomic E-state index is 10.9. The van der Waals surface area contributed by atoms with Crippen molar-refractivity contribution < 1.29 is 4.79 Å². The number of imidazole rings is 1. The fourth-order valence-electron chi connectivity index (χ4n) is 2.00. The van der Waals surface area contributed by atoms with Crippen LogP contribution in [0.25, 0.3) is 0 Å². The van der Waals surface area contributed by atoms with Crippen molar-refractivity contribution in [3.05, 3.63) is 42.5 Å². The predicted octanol–water partition coefficient (Wildman–Crippen LogP) is 3.03. The van der Waals surface area contributed by atoms with Crippen molar-refractivity contribution in [2.45, 2.75) is 33.4 Å². The summed E-state index contributed by atoms with van der Waals surface area (Å²) in [6, 6.07) is 8.05. The second-order valence-corrected chi connectivity index (χ2v) is 5.00. The molecule has 5 heteroatoms. The van der Waals surface area contributed by atoms with E-state index in [0.29, 0.717) is 6.04 Å². The van der Waals surface area contributed by atoms with Gasteiger partial charge in [0.05, 0.1) is 18.6 Å². The zero-order chi connectivity index (χ0) is 14.5. The van der Waals surface area contributed by atoms with Gasteiger partial charge in [-0.2, -0.15) is 0 Å². The molecule has 0 spiro atoms.